The summed E-state index contributed by atoms with van der Waals surface area (Å²) in [4.78, 5) is 22.7. The molecule has 2 aromatic heterocycles. The van der Waals surface area contributed by atoms with Crippen LogP contribution in [0, 0.1) is 0 Å². The Kier molecular flexibility index (Phi) is 3.45. The fourth-order valence-electron chi connectivity index (χ4n) is 2.37. The molecule has 0 amide bonds. The normalized spacial score (nSPS) is 15.5. The Labute approximate surface area is 119 Å². The lowest BCUT2D eigenvalue weighted by Gasteiger charge is -2.09. The highest BCUT2D eigenvalue weighted by Gasteiger charge is 2.23. The SMILES string of the molecule is COC(=O)[C@@H](C)Sc1ncnc2sc3c(c12)CCC3. The van der Waals surface area contributed by atoms with Gasteiger partial charge in [-0.1, -0.05) is 11.8 Å². The van der Waals surface area contributed by atoms with E-state index in [1.165, 1.54) is 35.7 Å². The van der Waals surface area contributed by atoms with Gasteiger partial charge < -0.3 is 4.74 Å². The molecule has 2 aromatic rings. The van der Waals surface area contributed by atoms with Crippen LogP contribution >= 0.6 is 23.1 Å². The van der Waals surface area contributed by atoms with Crippen LogP contribution in [-0.2, 0) is 22.4 Å². The van der Waals surface area contributed by atoms with E-state index in [4.69, 9.17) is 4.74 Å². The number of ether oxygens (including phenoxy) is 1. The number of carbonyl (C=O) groups excluding carboxylic acids is 1. The zero-order chi connectivity index (χ0) is 13.4. The molecule has 0 aliphatic heterocycles. The first-order chi connectivity index (χ1) is 9.20. The maximum absolute atomic E-state index is 11.5. The Morgan fingerprint density at radius 2 is 2.32 bits per heavy atom. The summed E-state index contributed by atoms with van der Waals surface area (Å²) < 4.78 is 4.77. The molecule has 6 heteroatoms. The van der Waals surface area contributed by atoms with E-state index in [-0.39, 0.29) is 11.2 Å². The Balaban J connectivity index is 2.01. The average Bonchev–Trinajstić information content (AvgIpc) is 2.97. The van der Waals surface area contributed by atoms with Crippen molar-refractivity contribution in [1.29, 1.82) is 0 Å². The molecule has 4 nitrogen and oxygen atoms in total. The van der Waals surface area contributed by atoms with Gasteiger partial charge in [-0.2, -0.15) is 0 Å². The highest BCUT2D eigenvalue weighted by atomic mass is 32.2. The standard InChI is InChI=1S/C13H14N2O2S2/c1-7(13(16)17-2)18-11-10-8-4-3-5-9(8)19-12(10)15-6-14-11/h6-7H,3-5H2,1-2H3/t7-/m1/s1. The summed E-state index contributed by atoms with van der Waals surface area (Å²) in [6, 6.07) is 0. The van der Waals surface area contributed by atoms with Crippen molar-refractivity contribution < 1.29 is 9.53 Å². The molecule has 100 valence electrons. The van der Waals surface area contributed by atoms with E-state index in [0.717, 1.165) is 28.1 Å². The minimum Gasteiger partial charge on any atom is -0.468 e. The van der Waals surface area contributed by atoms with Gasteiger partial charge in [0.25, 0.3) is 0 Å². The number of hydrogen-bond donors (Lipinski definition) is 0. The summed E-state index contributed by atoms with van der Waals surface area (Å²) in [6.07, 6.45) is 5.04. The molecule has 0 aromatic carbocycles. The molecule has 0 bridgehead atoms. The smallest absolute Gasteiger partial charge is 0.318 e. The van der Waals surface area contributed by atoms with Gasteiger partial charge in [-0.3, -0.25) is 4.79 Å². The van der Waals surface area contributed by atoms with Crippen molar-refractivity contribution in [1.82, 2.24) is 9.97 Å². The third-order valence-electron chi connectivity index (χ3n) is 3.29. The zero-order valence-corrected chi connectivity index (χ0v) is 12.4. The van der Waals surface area contributed by atoms with Gasteiger partial charge in [0, 0.05) is 10.3 Å². The van der Waals surface area contributed by atoms with Crippen LogP contribution in [0.3, 0.4) is 0 Å². The van der Waals surface area contributed by atoms with Gasteiger partial charge in [0.15, 0.2) is 0 Å². The molecule has 1 aliphatic rings. The van der Waals surface area contributed by atoms with Crippen LogP contribution in [0.2, 0.25) is 0 Å². The molecule has 0 spiro atoms. The number of thioether (sulfide) groups is 1. The summed E-state index contributed by atoms with van der Waals surface area (Å²) >= 11 is 3.22. The fourth-order valence-corrected chi connectivity index (χ4v) is 4.64. The summed E-state index contributed by atoms with van der Waals surface area (Å²) in [5.41, 5.74) is 1.39. The number of esters is 1. The van der Waals surface area contributed by atoms with E-state index in [9.17, 15) is 4.79 Å². The average molecular weight is 294 g/mol. The minimum absolute atomic E-state index is 0.219. The van der Waals surface area contributed by atoms with E-state index in [1.807, 2.05) is 6.92 Å². The van der Waals surface area contributed by atoms with Crippen molar-refractivity contribution in [2.45, 2.75) is 36.5 Å². The van der Waals surface area contributed by atoms with Crippen molar-refractivity contribution in [2.24, 2.45) is 0 Å². The van der Waals surface area contributed by atoms with Crippen molar-refractivity contribution >= 4 is 39.3 Å². The Bertz CT molecular complexity index is 639. The van der Waals surface area contributed by atoms with E-state index < -0.39 is 0 Å². The topological polar surface area (TPSA) is 52.1 Å². The first-order valence-corrected chi connectivity index (χ1v) is 7.90. The van der Waals surface area contributed by atoms with Gasteiger partial charge in [0.1, 0.15) is 21.4 Å². The second kappa shape index (κ2) is 5.09. The van der Waals surface area contributed by atoms with E-state index >= 15 is 0 Å². The predicted molar refractivity (Wildman–Crippen MR) is 76.8 cm³/mol. The highest BCUT2D eigenvalue weighted by Crippen LogP contribution is 2.40. The second-order valence-electron chi connectivity index (χ2n) is 4.50. The zero-order valence-electron chi connectivity index (χ0n) is 10.8. The molecule has 2 heterocycles. The number of aromatic nitrogens is 2. The van der Waals surface area contributed by atoms with Gasteiger partial charge in [-0.05, 0) is 31.7 Å². The molecule has 0 N–H and O–H groups in total. The molecule has 1 atom stereocenters. The monoisotopic (exact) mass is 294 g/mol. The first-order valence-electron chi connectivity index (χ1n) is 6.20. The molecule has 0 saturated carbocycles. The number of nitrogens with zero attached hydrogens (tertiary/aromatic N) is 2. The van der Waals surface area contributed by atoms with Gasteiger partial charge in [0.2, 0.25) is 0 Å². The maximum Gasteiger partial charge on any atom is 0.318 e. The Morgan fingerprint density at radius 1 is 1.47 bits per heavy atom. The number of rotatable bonds is 3. The lowest BCUT2D eigenvalue weighted by Crippen LogP contribution is -2.14. The maximum atomic E-state index is 11.5. The molecule has 0 unspecified atom stereocenters. The van der Waals surface area contributed by atoms with Crippen LogP contribution in [-0.4, -0.2) is 28.3 Å². The highest BCUT2D eigenvalue weighted by molar-refractivity contribution is 8.00. The van der Waals surface area contributed by atoms with Crippen molar-refractivity contribution in [3.63, 3.8) is 0 Å². The number of thiophene rings is 1. The molecule has 1 aliphatic carbocycles. The first kappa shape index (κ1) is 12.9. The molecule has 0 saturated heterocycles. The summed E-state index contributed by atoms with van der Waals surface area (Å²) in [7, 11) is 1.41. The van der Waals surface area contributed by atoms with E-state index in [0.29, 0.717) is 0 Å². The summed E-state index contributed by atoms with van der Waals surface area (Å²) in [5, 5.41) is 1.81. The molecule has 0 radical (unpaired) electrons. The summed E-state index contributed by atoms with van der Waals surface area (Å²) in [5.74, 6) is -0.219. The lowest BCUT2D eigenvalue weighted by atomic mass is 10.2. The molecule has 0 fully saturated rings. The van der Waals surface area contributed by atoms with Crippen LogP contribution < -0.4 is 0 Å². The number of methoxy groups -OCH3 is 1. The number of fused-ring (bicyclic) bond motifs is 3. The number of carbonyl (C=O) groups is 1. The minimum atomic E-state index is -0.250. The van der Waals surface area contributed by atoms with E-state index in [1.54, 1.807) is 17.7 Å². The summed E-state index contributed by atoms with van der Waals surface area (Å²) in [6.45, 7) is 1.84. The number of aryl methyl sites for hydroxylation is 2. The predicted octanol–water partition coefficient (Wildman–Crippen LogP) is 2.83. The molecular formula is C13H14N2O2S2. The third-order valence-corrected chi connectivity index (χ3v) is 5.57. The number of hydrogen-bond acceptors (Lipinski definition) is 6. The van der Waals surface area contributed by atoms with Gasteiger partial charge >= 0.3 is 5.97 Å². The molecule has 19 heavy (non-hydrogen) atoms. The van der Waals surface area contributed by atoms with Crippen molar-refractivity contribution in [2.75, 3.05) is 7.11 Å². The third kappa shape index (κ3) is 2.23. The van der Waals surface area contributed by atoms with Gasteiger partial charge in [-0.15, -0.1) is 11.3 Å². The largest absolute Gasteiger partial charge is 0.468 e. The lowest BCUT2D eigenvalue weighted by molar-refractivity contribution is -0.139. The Hall–Kier alpha value is -1.14. The van der Waals surface area contributed by atoms with Crippen LogP contribution in [0.1, 0.15) is 23.8 Å². The fraction of sp³-hybridized carbons (Fsp3) is 0.462. The van der Waals surface area contributed by atoms with Crippen LogP contribution in [0.4, 0.5) is 0 Å². The molecular weight excluding hydrogens is 280 g/mol. The van der Waals surface area contributed by atoms with E-state index in [2.05, 4.69) is 9.97 Å². The molecule has 3 rings (SSSR count). The van der Waals surface area contributed by atoms with Crippen molar-refractivity contribution in [3.8, 4) is 0 Å². The second-order valence-corrected chi connectivity index (χ2v) is 6.91. The van der Waals surface area contributed by atoms with Crippen molar-refractivity contribution in [3.05, 3.63) is 16.8 Å². The van der Waals surface area contributed by atoms with Gasteiger partial charge in [0.05, 0.1) is 7.11 Å². The van der Waals surface area contributed by atoms with Crippen LogP contribution in [0.25, 0.3) is 10.2 Å². The quantitative estimate of drug-likeness (QED) is 0.495. The Morgan fingerprint density at radius 3 is 3.11 bits per heavy atom. The van der Waals surface area contributed by atoms with Gasteiger partial charge in [-0.25, -0.2) is 9.97 Å². The van der Waals surface area contributed by atoms with Crippen LogP contribution in [0.15, 0.2) is 11.4 Å². The van der Waals surface area contributed by atoms with Crippen LogP contribution in [0.5, 0.6) is 0 Å².